The predicted molar refractivity (Wildman–Crippen MR) is 22.8 cm³/mol. The third kappa shape index (κ3) is 5.01. The van der Waals surface area contributed by atoms with Crippen molar-refractivity contribution in [1.29, 1.82) is 0 Å². The van der Waals surface area contributed by atoms with Crippen molar-refractivity contribution in [1.82, 2.24) is 0 Å². The number of hydrogen-bond donors (Lipinski definition) is 1. The Morgan fingerprint density at radius 2 is 2.11 bits per heavy atom. The van der Waals surface area contributed by atoms with Gasteiger partial charge in [0.05, 0.1) is 5.97 Å². The van der Waals surface area contributed by atoms with E-state index in [2.05, 4.69) is 0 Å². The Morgan fingerprint density at radius 1 is 1.78 bits per heavy atom. The Kier molecular flexibility index (Phi) is 7.25. The minimum Gasteiger partial charge on any atom is -0.546 e. The molecule has 0 aromatic rings. The summed E-state index contributed by atoms with van der Waals surface area (Å²) >= 11 is -2.50. The molecule has 5 nitrogen and oxygen atoms in total. The number of carbonyl (C=O) groups excluding carboxylic acids is 1. The molecule has 2 unspecified atom stereocenters. The first kappa shape index (κ1) is 12.2. The standard InChI is InChI=1S/C2H4O5S.Na/c3-1(4)2(5)8(6)7;/h2,5H,(H,3,4)(H,6,7);/q;+1. The molecule has 0 aliphatic carbocycles. The molecule has 0 aliphatic heterocycles. The monoisotopic (exact) mass is 163 g/mol. The van der Waals surface area contributed by atoms with Crippen molar-refractivity contribution in [2.75, 3.05) is 0 Å². The number of aliphatic hydroxyl groups excluding tert-OH is 1. The van der Waals surface area contributed by atoms with Crippen molar-refractivity contribution in [3.8, 4) is 0 Å². The summed E-state index contributed by atoms with van der Waals surface area (Å²) in [4.78, 5) is 9.47. The second kappa shape index (κ2) is 5.33. The average molecular weight is 163 g/mol. The van der Waals surface area contributed by atoms with Crippen molar-refractivity contribution in [3.63, 3.8) is 0 Å². The maximum absolute atomic E-state index is 9.69. The Balaban J connectivity index is 0. The zero-order chi connectivity index (χ0) is 6.73. The number of aliphatic carboxylic acids is 1. The van der Waals surface area contributed by atoms with Crippen LogP contribution >= 0.6 is 0 Å². The first-order valence-electron chi connectivity index (χ1n) is 1.56. The normalized spacial score (nSPS) is 15.3. The first-order valence-corrected chi connectivity index (χ1v) is 2.77. The molecule has 7 heteroatoms. The van der Waals surface area contributed by atoms with E-state index < -0.39 is 22.5 Å². The van der Waals surface area contributed by atoms with Crippen molar-refractivity contribution < 1.29 is 53.3 Å². The topological polar surface area (TPSA) is 100 Å². The summed E-state index contributed by atoms with van der Waals surface area (Å²) in [5.74, 6) is -1.89. The zero-order valence-corrected chi connectivity index (χ0v) is 7.47. The number of hydrogen-bond acceptors (Lipinski definition) is 4. The molecule has 0 aliphatic rings. The molecule has 0 saturated heterocycles. The fourth-order valence-electron chi connectivity index (χ4n) is 0.0874. The summed E-state index contributed by atoms with van der Waals surface area (Å²) in [6.45, 7) is 0. The van der Waals surface area contributed by atoms with E-state index in [0.717, 1.165) is 0 Å². The van der Waals surface area contributed by atoms with E-state index in [-0.39, 0.29) is 29.6 Å². The SMILES string of the molecule is O=C([O-])C(O)S(=O)[OH2+].[Na+]. The number of aliphatic hydroxyl groups is 1. The molecule has 0 heterocycles. The third-order valence-electron chi connectivity index (χ3n) is 0.404. The van der Waals surface area contributed by atoms with Crippen molar-refractivity contribution in [2.24, 2.45) is 0 Å². The van der Waals surface area contributed by atoms with Crippen molar-refractivity contribution in [3.05, 3.63) is 0 Å². The van der Waals surface area contributed by atoms with E-state index in [4.69, 9.17) is 9.66 Å². The smallest absolute Gasteiger partial charge is 0.546 e. The third-order valence-corrected chi connectivity index (χ3v) is 1.00. The van der Waals surface area contributed by atoms with Crippen LogP contribution in [0.25, 0.3) is 0 Å². The minimum absolute atomic E-state index is 0. The van der Waals surface area contributed by atoms with Gasteiger partial charge in [-0.25, -0.2) is 0 Å². The molecule has 0 bridgehead atoms. The predicted octanol–water partition coefficient (Wildman–Crippen LogP) is -6.55. The Morgan fingerprint density at radius 3 is 2.11 bits per heavy atom. The van der Waals surface area contributed by atoms with E-state index in [1.165, 1.54) is 0 Å². The van der Waals surface area contributed by atoms with Crippen LogP contribution in [0.3, 0.4) is 0 Å². The molecule has 0 aromatic carbocycles. The Labute approximate surface area is 75.6 Å². The fourth-order valence-corrected chi connectivity index (χ4v) is 0.262. The largest absolute Gasteiger partial charge is 1.00 e. The van der Waals surface area contributed by atoms with Crippen LogP contribution in [0.15, 0.2) is 0 Å². The van der Waals surface area contributed by atoms with Gasteiger partial charge < -0.3 is 19.6 Å². The van der Waals surface area contributed by atoms with Gasteiger partial charge in [0.25, 0.3) is 0 Å². The summed E-state index contributed by atoms with van der Waals surface area (Å²) in [7, 11) is 0. The van der Waals surface area contributed by atoms with Gasteiger partial charge in [0.15, 0.2) is 0 Å². The Hall–Kier alpha value is 0.540. The van der Waals surface area contributed by atoms with E-state index in [1.54, 1.807) is 0 Å². The minimum atomic E-state index is -2.50. The molecule has 0 saturated carbocycles. The van der Waals surface area contributed by atoms with Gasteiger partial charge in [0.1, 0.15) is 0 Å². The number of rotatable bonds is 2. The fraction of sp³-hybridized carbons (Fsp3) is 0.500. The summed E-state index contributed by atoms with van der Waals surface area (Å²) in [6.07, 6.45) is 0. The summed E-state index contributed by atoms with van der Waals surface area (Å²) < 4.78 is 15.8. The van der Waals surface area contributed by atoms with Crippen molar-refractivity contribution >= 4 is 17.0 Å². The molecular formula is C2H4NaO5S+. The van der Waals surface area contributed by atoms with E-state index >= 15 is 0 Å². The molecule has 0 spiro atoms. The van der Waals surface area contributed by atoms with Gasteiger partial charge in [-0.1, -0.05) is 0 Å². The molecule has 9 heavy (non-hydrogen) atoms. The zero-order valence-electron chi connectivity index (χ0n) is 4.66. The van der Waals surface area contributed by atoms with Gasteiger partial charge in [0.2, 0.25) is 5.44 Å². The molecule has 0 amide bonds. The molecule has 2 atom stereocenters. The molecule has 48 valence electrons. The summed E-state index contributed by atoms with van der Waals surface area (Å²) in [5.41, 5.74) is -2.19. The van der Waals surface area contributed by atoms with Gasteiger partial charge in [-0.05, 0) is 0 Å². The van der Waals surface area contributed by atoms with Gasteiger partial charge in [-0.3, -0.25) is 0 Å². The van der Waals surface area contributed by atoms with E-state index in [1.807, 2.05) is 0 Å². The second-order valence-corrected chi connectivity index (χ2v) is 2.01. The Bertz CT molecular complexity index is 110. The molecule has 0 rings (SSSR count). The summed E-state index contributed by atoms with van der Waals surface area (Å²) in [6, 6.07) is 0. The van der Waals surface area contributed by atoms with E-state index in [9.17, 15) is 14.1 Å². The number of carboxylic acids is 1. The van der Waals surface area contributed by atoms with Crippen LogP contribution in [0.1, 0.15) is 0 Å². The van der Waals surface area contributed by atoms with Gasteiger partial charge >= 0.3 is 40.6 Å². The second-order valence-electron chi connectivity index (χ2n) is 0.969. The number of carboxylic acid groups (broad SMARTS) is 1. The van der Waals surface area contributed by atoms with Crippen molar-refractivity contribution in [2.45, 2.75) is 5.44 Å². The maximum Gasteiger partial charge on any atom is 1.00 e. The van der Waals surface area contributed by atoms with Gasteiger partial charge in [0, 0.05) is 0 Å². The van der Waals surface area contributed by atoms with Gasteiger partial charge in [-0.15, -0.1) is 0 Å². The van der Waals surface area contributed by atoms with Crippen LogP contribution in [0.2, 0.25) is 0 Å². The maximum atomic E-state index is 9.69. The van der Waals surface area contributed by atoms with Crippen LogP contribution in [0.4, 0.5) is 0 Å². The van der Waals surface area contributed by atoms with Crippen LogP contribution in [0.5, 0.6) is 0 Å². The molecular weight excluding hydrogens is 159 g/mol. The van der Waals surface area contributed by atoms with Crippen LogP contribution in [-0.2, 0) is 15.9 Å². The average Bonchev–Trinajstić information content (AvgIpc) is 1.64. The molecule has 3 N–H and O–H groups in total. The molecule has 0 fully saturated rings. The van der Waals surface area contributed by atoms with Crippen LogP contribution in [-0.4, -0.2) is 25.3 Å². The molecule has 0 aromatic heterocycles. The molecule has 0 radical (unpaired) electrons. The van der Waals surface area contributed by atoms with Crippen LogP contribution in [0, 0.1) is 0 Å². The summed E-state index contributed by atoms with van der Waals surface area (Å²) in [5, 5.41) is 17.5. The van der Waals surface area contributed by atoms with E-state index in [0.29, 0.717) is 0 Å². The first-order chi connectivity index (χ1) is 3.55. The van der Waals surface area contributed by atoms with Crippen LogP contribution < -0.4 is 34.7 Å². The quantitative estimate of drug-likeness (QED) is 0.323. The van der Waals surface area contributed by atoms with Gasteiger partial charge in [-0.2, -0.15) is 4.21 Å². The number of carbonyl (C=O) groups is 1.